The molecule has 0 atom stereocenters. The summed E-state index contributed by atoms with van der Waals surface area (Å²) in [6.45, 7) is 3.86. The molecule has 0 aromatic heterocycles. The van der Waals surface area contributed by atoms with Crippen molar-refractivity contribution < 1.29 is 44.3 Å². The van der Waals surface area contributed by atoms with Gasteiger partial charge in [-0.2, -0.15) is 0 Å². The van der Waals surface area contributed by atoms with Crippen molar-refractivity contribution in [1.29, 1.82) is 0 Å². The van der Waals surface area contributed by atoms with Gasteiger partial charge >= 0.3 is 0 Å². The first-order chi connectivity index (χ1) is 13.3. The van der Waals surface area contributed by atoms with Crippen LogP contribution in [0.25, 0.3) is 0 Å². The zero-order chi connectivity index (χ0) is 23.3. The molecule has 0 aliphatic rings. The van der Waals surface area contributed by atoms with Crippen LogP contribution in [0, 0.1) is 6.92 Å². The molecule has 0 unspecified atom stereocenters. The first-order valence-corrected chi connectivity index (χ1v) is 8.56. The summed E-state index contributed by atoms with van der Waals surface area (Å²) in [6, 6.07) is 0. The molecule has 0 saturated carbocycles. The Hall–Kier alpha value is -3.17. The Morgan fingerprint density at radius 2 is 1.28 bits per heavy atom. The number of nitrogens with zero attached hydrogens (tertiary/aromatic N) is 1. The standard InChI is InChI=1S/C15H23NO5.2C2H4O2/c1-9-10(7-6-8-11(17)16(2)3)13(19)15(21-5)14(20-4)12(9)18;2*1-2(3)4/h18-19H,6-8H2,1-5H3;2*1H3,(H,3,4). The normalized spacial score (nSPS) is 9.21. The molecule has 1 amide bonds. The molecule has 29 heavy (non-hydrogen) atoms. The van der Waals surface area contributed by atoms with Crippen LogP contribution < -0.4 is 9.47 Å². The number of carboxylic acids is 2. The van der Waals surface area contributed by atoms with E-state index in [0.29, 0.717) is 30.4 Å². The second-order valence-electron chi connectivity index (χ2n) is 6.05. The van der Waals surface area contributed by atoms with Crippen molar-refractivity contribution in [3.8, 4) is 23.0 Å². The summed E-state index contributed by atoms with van der Waals surface area (Å²) in [7, 11) is 6.19. The highest BCUT2D eigenvalue weighted by Crippen LogP contribution is 2.48. The molecule has 10 heteroatoms. The summed E-state index contributed by atoms with van der Waals surface area (Å²) in [5, 5.41) is 35.2. The number of ether oxygens (including phenoxy) is 2. The molecule has 4 N–H and O–H groups in total. The number of methoxy groups -OCH3 is 2. The van der Waals surface area contributed by atoms with E-state index in [9.17, 15) is 15.0 Å². The summed E-state index contributed by atoms with van der Waals surface area (Å²) < 4.78 is 10.2. The van der Waals surface area contributed by atoms with E-state index in [1.807, 2.05) is 0 Å². The first kappa shape index (κ1) is 28.0. The number of phenols is 2. The van der Waals surface area contributed by atoms with Gasteiger partial charge in [-0.15, -0.1) is 0 Å². The van der Waals surface area contributed by atoms with E-state index in [4.69, 9.17) is 29.3 Å². The Morgan fingerprint density at radius 3 is 1.62 bits per heavy atom. The van der Waals surface area contributed by atoms with E-state index >= 15 is 0 Å². The first-order valence-electron chi connectivity index (χ1n) is 8.56. The molecule has 10 nitrogen and oxygen atoms in total. The van der Waals surface area contributed by atoms with Crippen molar-refractivity contribution in [3.05, 3.63) is 11.1 Å². The molecule has 0 bridgehead atoms. The number of amides is 1. The molecule has 1 aromatic carbocycles. The zero-order valence-electron chi connectivity index (χ0n) is 17.9. The maximum Gasteiger partial charge on any atom is 0.300 e. The van der Waals surface area contributed by atoms with E-state index in [1.54, 1.807) is 21.0 Å². The highest BCUT2D eigenvalue weighted by atomic mass is 16.5. The minimum atomic E-state index is -0.833. The summed E-state index contributed by atoms with van der Waals surface area (Å²) in [5.74, 6) is -1.53. The fourth-order valence-corrected chi connectivity index (χ4v) is 2.17. The Bertz CT molecular complexity index is 680. The van der Waals surface area contributed by atoms with Crippen LogP contribution in [-0.2, 0) is 20.8 Å². The fourth-order valence-electron chi connectivity index (χ4n) is 2.17. The second kappa shape index (κ2) is 13.9. The van der Waals surface area contributed by atoms with Gasteiger partial charge in [-0.3, -0.25) is 14.4 Å². The number of phenolic OH excluding ortho intramolecular Hbond substituents is 2. The zero-order valence-corrected chi connectivity index (χ0v) is 17.9. The van der Waals surface area contributed by atoms with Crippen molar-refractivity contribution in [2.75, 3.05) is 28.3 Å². The average Bonchev–Trinajstić information content (AvgIpc) is 2.59. The van der Waals surface area contributed by atoms with E-state index in [-0.39, 0.29) is 28.9 Å². The van der Waals surface area contributed by atoms with Crippen molar-refractivity contribution in [1.82, 2.24) is 4.90 Å². The lowest BCUT2D eigenvalue weighted by Gasteiger charge is -2.18. The number of aliphatic carboxylic acids is 2. The quantitative estimate of drug-likeness (QED) is 0.509. The summed E-state index contributed by atoms with van der Waals surface area (Å²) in [5.41, 5.74) is 1.10. The Kier molecular flexibility index (Phi) is 13.5. The van der Waals surface area contributed by atoms with E-state index in [1.165, 1.54) is 19.1 Å². The summed E-state index contributed by atoms with van der Waals surface area (Å²) >= 11 is 0. The molecule has 1 aromatic rings. The van der Waals surface area contributed by atoms with Crippen molar-refractivity contribution in [2.24, 2.45) is 0 Å². The lowest BCUT2D eigenvalue weighted by atomic mass is 9.99. The molecule has 1 rings (SSSR count). The number of hydrogen-bond donors (Lipinski definition) is 4. The molecular weight excluding hydrogens is 386 g/mol. The predicted octanol–water partition coefficient (Wildman–Crippen LogP) is 2.02. The van der Waals surface area contributed by atoms with Gasteiger partial charge in [0.05, 0.1) is 14.2 Å². The van der Waals surface area contributed by atoms with Gasteiger partial charge in [0.25, 0.3) is 11.9 Å². The van der Waals surface area contributed by atoms with Crippen LogP contribution in [0.4, 0.5) is 0 Å². The maximum atomic E-state index is 11.6. The van der Waals surface area contributed by atoms with Crippen LogP contribution in [0.1, 0.15) is 37.8 Å². The lowest BCUT2D eigenvalue weighted by Crippen LogP contribution is -2.21. The third-order valence-electron chi connectivity index (χ3n) is 3.45. The monoisotopic (exact) mass is 417 g/mol. The van der Waals surface area contributed by atoms with Crippen LogP contribution in [0.15, 0.2) is 0 Å². The number of aromatic hydroxyl groups is 2. The summed E-state index contributed by atoms with van der Waals surface area (Å²) in [6.07, 6.45) is 1.41. The molecular formula is C19H31NO9. The van der Waals surface area contributed by atoms with E-state index in [0.717, 1.165) is 13.8 Å². The van der Waals surface area contributed by atoms with E-state index < -0.39 is 11.9 Å². The molecule has 0 aliphatic carbocycles. The minimum absolute atomic E-state index is 0.0249. The Morgan fingerprint density at radius 1 is 0.897 bits per heavy atom. The molecule has 0 fully saturated rings. The third-order valence-corrected chi connectivity index (χ3v) is 3.45. The van der Waals surface area contributed by atoms with Gasteiger partial charge in [0.15, 0.2) is 11.5 Å². The fraction of sp³-hybridized carbons (Fsp3) is 0.526. The Balaban J connectivity index is 0. The summed E-state index contributed by atoms with van der Waals surface area (Å²) in [4.78, 5) is 31.1. The van der Waals surface area contributed by atoms with Crippen molar-refractivity contribution >= 4 is 17.8 Å². The maximum absolute atomic E-state index is 11.6. The molecule has 0 heterocycles. The number of hydrogen-bond acceptors (Lipinski definition) is 7. The highest BCUT2D eigenvalue weighted by molar-refractivity contribution is 5.75. The third kappa shape index (κ3) is 10.7. The molecule has 166 valence electrons. The smallest absolute Gasteiger partial charge is 0.300 e. The molecule has 0 aliphatic heterocycles. The predicted molar refractivity (Wildman–Crippen MR) is 106 cm³/mol. The molecule has 0 saturated heterocycles. The Labute approximate surface area is 170 Å². The van der Waals surface area contributed by atoms with Gasteiger partial charge in [0.2, 0.25) is 17.4 Å². The topological polar surface area (TPSA) is 154 Å². The largest absolute Gasteiger partial charge is 0.504 e. The number of carboxylic acid groups (broad SMARTS) is 2. The van der Waals surface area contributed by atoms with Gasteiger partial charge in [-0.05, 0) is 19.8 Å². The average molecular weight is 417 g/mol. The highest BCUT2D eigenvalue weighted by Gasteiger charge is 2.23. The van der Waals surface area contributed by atoms with Crippen LogP contribution in [0.2, 0.25) is 0 Å². The van der Waals surface area contributed by atoms with Gasteiger partial charge in [0.1, 0.15) is 0 Å². The number of benzene rings is 1. The van der Waals surface area contributed by atoms with Crippen LogP contribution in [-0.4, -0.2) is 71.5 Å². The van der Waals surface area contributed by atoms with Crippen LogP contribution in [0.3, 0.4) is 0 Å². The van der Waals surface area contributed by atoms with Crippen molar-refractivity contribution in [3.63, 3.8) is 0 Å². The SMILES string of the molecule is CC(=O)O.CC(=O)O.COc1c(O)c(C)c(CCCC(=O)N(C)C)c(O)c1OC. The van der Waals surface area contributed by atoms with Gasteiger partial charge in [0, 0.05) is 45.5 Å². The van der Waals surface area contributed by atoms with E-state index in [2.05, 4.69) is 0 Å². The number of carbonyl (C=O) groups excluding carboxylic acids is 1. The van der Waals surface area contributed by atoms with Gasteiger partial charge in [-0.25, -0.2) is 0 Å². The minimum Gasteiger partial charge on any atom is -0.504 e. The van der Waals surface area contributed by atoms with Crippen molar-refractivity contribution in [2.45, 2.75) is 40.0 Å². The van der Waals surface area contributed by atoms with Crippen LogP contribution >= 0.6 is 0 Å². The lowest BCUT2D eigenvalue weighted by molar-refractivity contribution is -0.135. The van der Waals surface area contributed by atoms with Gasteiger partial charge in [-0.1, -0.05) is 0 Å². The molecule has 0 spiro atoms. The number of rotatable bonds is 6. The second-order valence-corrected chi connectivity index (χ2v) is 6.05. The molecule has 0 radical (unpaired) electrons. The van der Waals surface area contributed by atoms with Gasteiger partial charge < -0.3 is 34.8 Å². The van der Waals surface area contributed by atoms with Crippen LogP contribution in [0.5, 0.6) is 23.0 Å². The number of carbonyl (C=O) groups is 3.